The van der Waals surface area contributed by atoms with E-state index in [0.29, 0.717) is 11.7 Å². The summed E-state index contributed by atoms with van der Waals surface area (Å²) < 4.78 is 19.5. The zero-order valence-corrected chi connectivity index (χ0v) is 19.0. The molecule has 7 heteroatoms. The van der Waals surface area contributed by atoms with Crippen LogP contribution in [0.3, 0.4) is 0 Å². The fourth-order valence-electron chi connectivity index (χ4n) is 3.34. The predicted octanol–water partition coefficient (Wildman–Crippen LogP) is 5.34. The molecule has 31 heavy (non-hydrogen) atoms. The van der Waals surface area contributed by atoms with Crippen molar-refractivity contribution in [2.24, 2.45) is 0 Å². The highest BCUT2D eigenvalue weighted by Gasteiger charge is 2.23. The molecular weight excluding hydrogens is 413 g/mol. The van der Waals surface area contributed by atoms with E-state index in [1.54, 1.807) is 24.1 Å². The van der Waals surface area contributed by atoms with Gasteiger partial charge in [-0.1, -0.05) is 26.0 Å². The Morgan fingerprint density at radius 2 is 1.77 bits per heavy atom. The zero-order valence-electron chi connectivity index (χ0n) is 18.2. The van der Waals surface area contributed by atoms with Gasteiger partial charge in [-0.15, -0.1) is 11.3 Å². The molecule has 0 bridgehead atoms. The van der Waals surface area contributed by atoms with E-state index >= 15 is 0 Å². The molecule has 164 valence electrons. The van der Waals surface area contributed by atoms with E-state index in [1.807, 2.05) is 29.6 Å². The average Bonchev–Trinajstić information content (AvgIpc) is 3.29. The summed E-state index contributed by atoms with van der Waals surface area (Å²) in [7, 11) is 1.63. The Labute approximate surface area is 187 Å². The normalized spacial score (nSPS) is 11.0. The van der Waals surface area contributed by atoms with Crippen LogP contribution in [0.1, 0.15) is 30.6 Å². The second-order valence-electron chi connectivity index (χ2n) is 7.06. The first-order valence-corrected chi connectivity index (χ1v) is 11.3. The fraction of sp³-hybridized carbons (Fsp3) is 0.333. The summed E-state index contributed by atoms with van der Waals surface area (Å²) in [5, 5.41) is 2.49. The van der Waals surface area contributed by atoms with Gasteiger partial charge in [0.25, 0.3) is 5.91 Å². The topological polar surface area (TPSA) is 45.7 Å². The number of halogens is 1. The Morgan fingerprint density at radius 3 is 2.42 bits per heavy atom. The highest BCUT2D eigenvalue weighted by molar-refractivity contribution is 7.14. The summed E-state index contributed by atoms with van der Waals surface area (Å²) in [6.07, 6.45) is 0.777. The molecule has 5 nitrogen and oxygen atoms in total. The number of carbonyl (C=O) groups is 1. The van der Waals surface area contributed by atoms with Gasteiger partial charge < -0.3 is 9.64 Å². The molecule has 1 aromatic heterocycles. The molecule has 0 spiro atoms. The number of hydrogen-bond donors (Lipinski definition) is 0. The van der Waals surface area contributed by atoms with Gasteiger partial charge in [0.05, 0.1) is 18.4 Å². The van der Waals surface area contributed by atoms with E-state index in [2.05, 4.69) is 18.7 Å². The van der Waals surface area contributed by atoms with Gasteiger partial charge in [-0.2, -0.15) is 0 Å². The Morgan fingerprint density at radius 1 is 1.06 bits per heavy atom. The third-order valence-corrected chi connectivity index (χ3v) is 6.07. The van der Waals surface area contributed by atoms with Crippen LogP contribution < -0.4 is 9.64 Å². The largest absolute Gasteiger partial charge is 0.497 e. The van der Waals surface area contributed by atoms with Crippen LogP contribution in [-0.2, 0) is 0 Å². The van der Waals surface area contributed by atoms with Crippen LogP contribution >= 0.6 is 11.3 Å². The van der Waals surface area contributed by atoms with Crippen LogP contribution in [0.2, 0.25) is 0 Å². The van der Waals surface area contributed by atoms with Gasteiger partial charge in [-0.05, 0) is 62.5 Å². The Kier molecular flexibility index (Phi) is 8.14. The number of aromatic nitrogens is 1. The lowest BCUT2D eigenvalue weighted by atomic mass is 10.1. The number of thiazole rings is 1. The Balaban J connectivity index is 1.85. The van der Waals surface area contributed by atoms with E-state index in [1.165, 1.54) is 23.5 Å². The van der Waals surface area contributed by atoms with Crippen molar-refractivity contribution < 1.29 is 13.9 Å². The second-order valence-corrected chi connectivity index (χ2v) is 7.90. The lowest BCUT2D eigenvalue weighted by Crippen LogP contribution is -2.35. The first kappa shape index (κ1) is 22.9. The Hall–Kier alpha value is -2.77. The predicted molar refractivity (Wildman–Crippen MR) is 125 cm³/mol. The number of rotatable bonds is 10. The summed E-state index contributed by atoms with van der Waals surface area (Å²) in [5.41, 5.74) is 1.77. The maximum absolute atomic E-state index is 14.3. The van der Waals surface area contributed by atoms with Gasteiger partial charge in [0.1, 0.15) is 11.6 Å². The molecule has 3 aromatic rings. The van der Waals surface area contributed by atoms with E-state index in [-0.39, 0.29) is 11.5 Å². The summed E-state index contributed by atoms with van der Waals surface area (Å²) in [5.74, 6) is -0.117. The molecule has 3 rings (SSSR count). The van der Waals surface area contributed by atoms with Crippen molar-refractivity contribution in [3.05, 3.63) is 65.3 Å². The van der Waals surface area contributed by atoms with Gasteiger partial charge >= 0.3 is 0 Å². The minimum atomic E-state index is -0.520. The number of nitrogens with zero attached hydrogens (tertiary/aromatic N) is 3. The van der Waals surface area contributed by atoms with Crippen LogP contribution in [0.15, 0.2) is 53.9 Å². The first-order valence-electron chi connectivity index (χ1n) is 10.5. The monoisotopic (exact) mass is 441 g/mol. The first-order chi connectivity index (χ1) is 15.1. The quantitative estimate of drug-likeness (QED) is 0.426. The van der Waals surface area contributed by atoms with Gasteiger partial charge in [0.2, 0.25) is 0 Å². The van der Waals surface area contributed by atoms with Crippen molar-refractivity contribution in [2.75, 3.05) is 38.2 Å². The van der Waals surface area contributed by atoms with Crippen LogP contribution in [0, 0.1) is 5.82 Å². The van der Waals surface area contributed by atoms with Gasteiger partial charge in [-0.25, -0.2) is 9.37 Å². The summed E-state index contributed by atoms with van der Waals surface area (Å²) >= 11 is 1.39. The summed E-state index contributed by atoms with van der Waals surface area (Å²) in [6, 6.07) is 13.7. The van der Waals surface area contributed by atoms with E-state index < -0.39 is 5.82 Å². The summed E-state index contributed by atoms with van der Waals surface area (Å²) in [6.45, 7) is 7.48. The molecule has 2 aromatic carbocycles. The lowest BCUT2D eigenvalue weighted by molar-refractivity contribution is 0.0982. The van der Waals surface area contributed by atoms with E-state index in [0.717, 1.165) is 43.1 Å². The number of ether oxygens (including phenoxy) is 1. The molecule has 0 atom stereocenters. The maximum atomic E-state index is 14.3. The zero-order chi connectivity index (χ0) is 22.2. The van der Waals surface area contributed by atoms with Crippen LogP contribution in [0.4, 0.5) is 9.52 Å². The van der Waals surface area contributed by atoms with Crippen molar-refractivity contribution in [1.82, 2.24) is 9.88 Å². The van der Waals surface area contributed by atoms with Crippen molar-refractivity contribution in [3.63, 3.8) is 0 Å². The van der Waals surface area contributed by atoms with Crippen molar-refractivity contribution >= 4 is 22.4 Å². The molecule has 0 N–H and O–H groups in total. The number of methoxy groups -OCH3 is 1. The van der Waals surface area contributed by atoms with E-state index in [4.69, 9.17) is 9.72 Å². The van der Waals surface area contributed by atoms with Gasteiger partial charge in [0.15, 0.2) is 5.13 Å². The molecule has 0 aliphatic rings. The molecule has 0 unspecified atom stereocenters. The fourth-order valence-corrected chi connectivity index (χ4v) is 4.20. The van der Waals surface area contributed by atoms with Gasteiger partial charge in [0, 0.05) is 17.5 Å². The van der Waals surface area contributed by atoms with Crippen molar-refractivity contribution in [3.8, 4) is 17.0 Å². The smallest absolute Gasteiger partial charge is 0.263 e. The van der Waals surface area contributed by atoms with Crippen LogP contribution in [0.25, 0.3) is 11.3 Å². The average molecular weight is 442 g/mol. The van der Waals surface area contributed by atoms with E-state index in [9.17, 15) is 9.18 Å². The molecular formula is C24H28FN3O2S. The van der Waals surface area contributed by atoms with Crippen molar-refractivity contribution in [1.29, 1.82) is 0 Å². The highest BCUT2D eigenvalue weighted by Crippen LogP contribution is 2.30. The molecule has 0 saturated carbocycles. The van der Waals surface area contributed by atoms with Crippen molar-refractivity contribution in [2.45, 2.75) is 20.3 Å². The minimum absolute atomic E-state index is 0.0616. The molecule has 0 aliphatic heterocycles. The lowest BCUT2D eigenvalue weighted by Gasteiger charge is -2.23. The third kappa shape index (κ3) is 5.68. The maximum Gasteiger partial charge on any atom is 0.263 e. The van der Waals surface area contributed by atoms with Crippen LogP contribution in [-0.4, -0.2) is 49.1 Å². The number of benzene rings is 2. The molecule has 0 saturated heterocycles. The highest BCUT2D eigenvalue weighted by atomic mass is 32.1. The molecule has 0 radical (unpaired) electrons. The van der Waals surface area contributed by atoms with Crippen LogP contribution in [0.5, 0.6) is 5.75 Å². The number of hydrogen-bond acceptors (Lipinski definition) is 5. The minimum Gasteiger partial charge on any atom is -0.497 e. The third-order valence-electron chi connectivity index (χ3n) is 5.21. The molecule has 0 fully saturated rings. The summed E-state index contributed by atoms with van der Waals surface area (Å²) in [4.78, 5) is 21.8. The molecule has 1 heterocycles. The molecule has 0 aliphatic carbocycles. The van der Waals surface area contributed by atoms with Gasteiger partial charge in [-0.3, -0.25) is 9.69 Å². The SMILES string of the molecule is CCN(CC)CCCN(C(=O)c1ccccc1F)c1nc(-c2ccc(OC)cc2)cs1. The second kappa shape index (κ2) is 11.0. The standard InChI is InChI=1S/C24H28FN3O2S/c1-4-27(5-2)15-8-16-28(23(29)20-9-6-7-10-21(20)25)24-26-22(17-31-24)18-11-13-19(30-3)14-12-18/h6-7,9-14,17H,4-5,8,15-16H2,1-3H3. The molecule has 1 amide bonds. The number of anilines is 1. The Bertz CT molecular complexity index is 986. The number of amides is 1. The number of carbonyl (C=O) groups excluding carboxylic acids is 1.